The summed E-state index contributed by atoms with van der Waals surface area (Å²) in [6.45, 7) is 3.00. The number of aromatic nitrogens is 2. The number of carbonyl (C=O) groups is 1. The first kappa shape index (κ1) is 22.4. The van der Waals surface area contributed by atoms with Gasteiger partial charge in [-0.3, -0.25) is 4.79 Å². The van der Waals surface area contributed by atoms with E-state index >= 15 is 0 Å². The van der Waals surface area contributed by atoms with E-state index in [0.717, 1.165) is 11.4 Å². The minimum Gasteiger partial charge on any atom is -0.480 e. The first-order valence-electron chi connectivity index (χ1n) is 9.33. The quantitative estimate of drug-likeness (QED) is 0.690. The molecular formula is C20H25ClN6O2. The number of benzene rings is 1. The number of carboxylic acids is 1. The van der Waals surface area contributed by atoms with Crippen LogP contribution in [-0.4, -0.2) is 39.7 Å². The Morgan fingerprint density at radius 3 is 2.45 bits per heavy atom. The van der Waals surface area contributed by atoms with E-state index in [-0.39, 0.29) is 24.2 Å². The Labute approximate surface area is 175 Å². The molecule has 0 aliphatic carbocycles. The van der Waals surface area contributed by atoms with Gasteiger partial charge in [0.25, 0.3) is 0 Å². The lowest BCUT2D eigenvalue weighted by molar-refractivity contribution is -0.144. The van der Waals surface area contributed by atoms with Gasteiger partial charge in [0.2, 0.25) is 0 Å². The number of rotatable bonds is 4. The smallest absolute Gasteiger partial charge is 0.323 e. The molecule has 1 aliphatic heterocycles. The lowest BCUT2D eigenvalue weighted by Gasteiger charge is -2.37. The van der Waals surface area contributed by atoms with Gasteiger partial charge in [-0.25, -0.2) is 9.97 Å². The highest BCUT2D eigenvalue weighted by molar-refractivity contribution is 6.30. The fourth-order valence-electron chi connectivity index (χ4n) is 3.01. The van der Waals surface area contributed by atoms with Crippen molar-refractivity contribution in [1.29, 1.82) is 5.26 Å². The maximum absolute atomic E-state index is 11.1. The van der Waals surface area contributed by atoms with Gasteiger partial charge in [0.05, 0.1) is 0 Å². The van der Waals surface area contributed by atoms with E-state index in [9.17, 15) is 4.79 Å². The summed E-state index contributed by atoms with van der Waals surface area (Å²) in [6.07, 6.45) is 4.21. The fourth-order valence-corrected chi connectivity index (χ4v) is 3.13. The van der Waals surface area contributed by atoms with Crippen LogP contribution < -0.4 is 16.4 Å². The predicted octanol–water partition coefficient (Wildman–Crippen LogP) is 2.61. The second-order valence-corrected chi connectivity index (χ2v) is 7.33. The molecule has 3 rings (SSSR count). The molecule has 0 unspecified atom stereocenters. The number of piperidine rings is 1. The minimum absolute atomic E-state index is 0.121. The van der Waals surface area contributed by atoms with Gasteiger partial charge >= 0.3 is 5.97 Å². The Bertz CT molecular complexity index is 874. The molecule has 2 aromatic rings. The molecule has 29 heavy (non-hydrogen) atoms. The van der Waals surface area contributed by atoms with Gasteiger partial charge in [0, 0.05) is 18.1 Å². The zero-order valence-corrected chi connectivity index (χ0v) is 17.1. The molecule has 0 amide bonds. The average Bonchev–Trinajstić information content (AvgIpc) is 2.71. The van der Waals surface area contributed by atoms with Crippen molar-refractivity contribution in [1.82, 2.24) is 9.97 Å². The Balaban J connectivity index is 0.000000253. The number of hydrogen-bond donors (Lipinski definition) is 3. The number of nitrogens with zero attached hydrogens (tertiary/aromatic N) is 4. The molecule has 5 N–H and O–H groups in total. The molecular weight excluding hydrogens is 392 g/mol. The van der Waals surface area contributed by atoms with Crippen LogP contribution in [0.1, 0.15) is 37.3 Å². The van der Waals surface area contributed by atoms with Crippen molar-refractivity contribution in [2.75, 3.05) is 23.7 Å². The molecule has 154 valence electrons. The number of nitrogen functional groups attached to an aromatic ring is 1. The third kappa shape index (κ3) is 5.79. The van der Waals surface area contributed by atoms with E-state index in [2.05, 4.69) is 29.0 Å². The number of aryl methyl sites for hydroxylation is 1. The lowest BCUT2D eigenvalue weighted by atomic mass is 9.89. The van der Waals surface area contributed by atoms with Gasteiger partial charge in [-0.1, -0.05) is 37.1 Å². The second kappa shape index (κ2) is 10.0. The molecule has 1 saturated heterocycles. The molecule has 2 heterocycles. The third-order valence-corrected chi connectivity index (χ3v) is 5.05. The number of nitrogens with two attached hydrogens (primary N) is 2. The molecule has 1 aliphatic rings. The Morgan fingerprint density at radius 2 is 1.93 bits per heavy atom. The predicted molar refractivity (Wildman–Crippen MR) is 113 cm³/mol. The van der Waals surface area contributed by atoms with Crippen molar-refractivity contribution in [2.45, 2.75) is 38.1 Å². The highest BCUT2D eigenvalue weighted by Gasteiger charge is 2.38. The van der Waals surface area contributed by atoms with Crippen molar-refractivity contribution in [3.8, 4) is 6.07 Å². The first-order valence-corrected chi connectivity index (χ1v) is 9.70. The van der Waals surface area contributed by atoms with Crippen molar-refractivity contribution in [3.63, 3.8) is 0 Å². The zero-order valence-electron chi connectivity index (χ0n) is 16.3. The molecule has 8 nitrogen and oxygen atoms in total. The van der Waals surface area contributed by atoms with Crippen LogP contribution >= 0.6 is 11.6 Å². The number of carboxylic acid groups (broad SMARTS) is 1. The third-order valence-electron chi connectivity index (χ3n) is 4.80. The van der Waals surface area contributed by atoms with Crippen LogP contribution in [0.25, 0.3) is 0 Å². The lowest BCUT2D eigenvalue weighted by Crippen LogP contribution is -2.56. The molecule has 1 fully saturated rings. The SMILES string of the molecule is CCCc1ccc(Cl)cc1.N#Cc1c(N)ncnc1N1CCC(N)(C(=O)O)CC1. The fraction of sp³-hybridized carbons (Fsp3) is 0.400. The van der Waals surface area contributed by atoms with Gasteiger partial charge < -0.3 is 21.5 Å². The monoisotopic (exact) mass is 416 g/mol. The van der Waals surface area contributed by atoms with Gasteiger partial charge in [0.1, 0.15) is 29.3 Å². The molecule has 0 bridgehead atoms. The number of aliphatic carboxylic acids is 1. The first-order chi connectivity index (χ1) is 13.8. The highest BCUT2D eigenvalue weighted by Crippen LogP contribution is 2.27. The zero-order chi connectivity index (χ0) is 21.4. The van der Waals surface area contributed by atoms with Crippen molar-refractivity contribution < 1.29 is 9.90 Å². The largest absolute Gasteiger partial charge is 0.480 e. The van der Waals surface area contributed by atoms with E-state index in [1.54, 1.807) is 0 Å². The highest BCUT2D eigenvalue weighted by atomic mass is 35.5. The maximum Gasteiger partial charge on any atom is 0.323 e. The van der Waals surface area contributed by atoms with Gasteiger partial charge in [-0.05, 0) is 37.0 Å². The molecule has 9 heteroatoms. The van der Waals surface area contributed by atoms with Crippen molar-refractivity contribution >= 4 is 29.2 Å². The summed E-state index contributed by atoms with van der Waals surface area (Å²) in [4.78, 5) is 20.7. The molecule has 1 aromatic carbocycles. The normalized spacial score (nSPS) is 15.0. The summed E-state index contributed by atoms with van der Waals surface area (Å²) in [5.74, 6) is -0.451. The van der Waals surface area contributed by atoms with Gasteiger partial charge in [-0.15, -0.1) is 0 Å². The van der Waals surface area contributed by atoms with Crippen LogP contribution in [0.4, 0.5) is 11.6 Å². The Kier molecular flexibility index (Phi) is 7.76. The number of nitriles is 1. The van der Waals surface area contributed by atoms with Crippen molar-refractivity contribution in [2.24, 2.45) is 5.73 Å². The molecule has 0 spiro atoms. The van der Waals surface area contributed by atoms with Crippen LogP contribution in [0, 0.1) is 11.3 Å². The van der Waals surface area contributed by atoms with Crippen LogP contribution in [0.2, 0.25) is 5.02 Å². The minimum atomic E-state index is -1.21. The molecule has 1 aromatic heterocycles. The summed E-state index contributed by atoms with van der Waals surface area (Å²) < 4.78 is 0. The molecule has 0 saturated carbocycles. The Morgan fingerprint density at radius 1 is 1.31 bits per heavy atom. The summed E-state index contributed by atoms with van der Waals surface area (Å²) in [5.41, 5.74) is 11.8. The number of anilines is 2. The van der Waals surface area contributed by atoms with E-state index in [1.807, 2.05) is 23.1 Å². The van der Waals surface area contributed by atoms with Gasteiger partial charge in [-0.2, -0.15) is 5.26 Å². The summed E-state index contributed by atoms with van der Waals surface area (Å²) >= 11 is 5.71. The molecule has 0 atom stereocenters. The van der Waals surface area contributed by atoms with Gasteiger partial charge in [0.15, 0.2) is 5.82 Å². The van der Waals surface area contributed by atoms with E-state index in [4.69, 9.17) is 33.4 Å². The molecule has 0 radical (unpaired) electrons. The number of halogens is 1. The van der Waals surface area contributed by atoms with Crippen LogP contribution in [0.15, 0.2) is 30.6 Å². The maximum atomic E-state index is 11.1. The summed E-state index contributed by atoms with van der Waals surface area (Å²) in [6, 6.07) is 9.99. The van der Waals surface area contributed by atoms with E-state index in [0.29, 0.717) is 18.9 Å². The van der Waals surface area contributed by atoms with Crippen LogP contribution in [0.5, 0.6) is 0 Å². The summed E-state index contributed by atoms with van der Waals surface area (Å²) in [5, 5.41) is 18.9. The van der Waals surface area contributed by atoms with E-state index in [1.165, 1.54) is 18.3 Å². The number of hydrogen-bond acceptors (Lipinski definition) is 7. The van der Waals surface area contributed by atoms with Crippen LogP contribution in [0.3, 0.4) is 0 Å². The van der Waals surface area contributed by atoms with E-state index < -0.39 is 11.5 Å². The second-order valence-electron chi connectivity index (χ2n) is 6.89. The van der Waals surface area contributed by atoms with Crippen molar-refractivity contribution in [3.05, 3.63) is 46.7 Å². The average molecular weight is 417 g/mol. The topological polar surface area (TPSA) is 142 Å². The summed E-state index contributed by atoms with van der Waals surface area (Å²) in [7, 11) is 0. The van der Waals surface area contributed by atoms with Crippen LogP contribution in [-0.2, 0) is 11.2 Å². The Hall–Kier alpha value is -2.89. The standard InChI is InChI=1S/C11H14N6O2.C9H11Cl/c12-5-7-8(13)15-6-16-9(7)17-3-1-11(14,2-4-17)10(18)19;1-2-3-8-4-6-9(10)7-5-8/h6H,1-4,14H2,(H,18,19)(H2,13,15,16);4-7H,2-3H2,1H3.